The summed E-state index contributed by atoms with van der Waals surface area (Å²) >= 11 is 2.90. The predicted octanol–water partition coefficient (Wildman–Crippen LogP) is 5.65. The van der Waals surface area contributed by atoms with Crippen LogP contribution in [0.25, 0.3) is 20.4 Å². The molecule has 0 aliphatic carbocycles. The summed E-state index contributed by atoms with van der Waals surface area (Å²) in [6, 6.07) is 17.5. The second-order valence-corrected chi connectivity index (χ2v) is 8.42. The minimum absolute atomic E-state index is 0.172. The lowest BCUT2D eigenvalue weighted by Crippen LogP contribution is -2.30. The normalized spacial score (nSPS) is 11.3. The zero-order chi connectivity index (χ0) is 19.1. The Labute approximate surface area is 168 Å². The number of hydrogen-bond acceptors (Lipinski definition) is 6. The molecular formula is C21H15N3O2S2. The van der Waals surface area contributed by atoms with E-state index in [1.807, 2.05) is 61.5 Å². The zero-order valence-electron chi connectivity index (χ0n) is 15.0. The maximum absolute atomic E-state index is 13.4. The average Bonchev–Trinajstić information content (AvgIpc) is 3.44. The van der Waals surface area contributed by atoms with Gasteiger partial charge in [0.2, 0.25) is 0 Å². The molecular weight excluding hydrogens is 390 g/mol. The number of aromatic nitrogens is 2. The Bertz CT molecular complexity index is 1250. The third-order valence-corrected chi connectivity index (χ3v) is 6.52. The van der Waals surface area contributed by atoms with Crippen LogP contribution >= 0.6 is 22.7 Å². The molecule has 28 heavy (non-hydrogen) atoms. The van der Waals surface area contributed by atoms with Gasteiger partial charge in [0.25, 0.3) is 5.91 Å². The molecule has 0 fully saturated rings. The van der Waals surface area contributed by atoms with Crippen LogP contribution < -0.4 is 4.90 Å². The fourth-order valence-electron chi connectivity index (χ4n) is 3.05. The number of aryl methyl sites for hydroxylation is 1. The summed E-state index contributed by atoms with van der Waals surface area (Å²) < 4.78 is 7.54. The number of hydrogen-bond donors (Lipinski definition) is 0. The Kier molecular flexibility index (Phi) is 4.18. The summed E-state index contributed by atoms with van der Waals surface area (Å²) in [7, 11) is 0. The standard InChI is InChI=1S/C21H15N3O2S2/c1-13-6-4-10-17-18(13)23-21(28-17)24(12-14-7-5-11-26-14)20(25)19-22-15-8-2-3-9-16(15)27-19/h2-11H,12H2,1H3. The molecule has 0 unspecified atom stereocenters. The lowest BCUT2D eigenvalue weighted by Gasteiger charge is -2.17. The van der Waals surface area contributed by atoms with Gasteiger partial charge in [-0.2, -0.15) is 0 Å². The molecule has 0 bridgehead atoms. The van der Waals surface area contributed by atoms with Crippen LogP contribution in [0.1, 0.15) is 21.1 Å². The first-order valence-electron chi connectivity index (χ1n) is 8.75. The van der Waals surface area contributed by atoms with Crippen LogP contribution in [0.2, 0.25) is 0 Å². The Morgan fingerprint density at radius 2 is 1.86 bits per heavy atom. The molecule has 1 amide bonds. The Hall–Kier alpha value is -3.03. The molecule has 0 atom stereocenters. The van der Waals surface area contributed by atoms with E-state index in [-0.39, 0.29) is 5.91 Å². The third kappa shape index (κ3) is 2.98. The van der Waals surface area contributed by atoms with Gasteiger partial charge in [-0.05, 0) is 42.8 Å². The van der Waals surface area contributed by atoms with Gasteiger partial charge in [0.15, 0.2) is 10.1 Å². The SMILES string of the molecule is Cc1cccc2sc(N(Cc3ccco3)C(=O)c3nc4ccccc4s3)nc12. The minimum atomic E-state index is -0.172. The number of thiazole rings is 2. The number of fused-ring (bicyclic) bond motifs is 2. The molecule has 5 rings (SSSR count). The Morgan fingerprint density at radius 3 is 2.64 bits per heavy atom. The van der Waals surface area contributed by atoms with Crippen molar-refractivity contribution in [3.8, 4) is 0 Å². The van der Waals surface area contributed by atoms with E-state index in [2.05, 4.69) is 4.98 Å². The van der Waals surface area contributed by atoms with Gasteiger partial charge in [-0.1, -0.05) is 35.6 Å². The first kappa shape index (κ1) is 17.1. The highest BCUT2D eigenvalue weighted by molar-refractivity contribution is 7.23. The smallest absolute Gasteiger partial charge is 0.289 e. The summed E-state index contributed by atoms with van der Waals surface area (Å²) in [5.41, 5.74) is 2.84. The van der Waals surface area contributed by atoms with Crippen molar-refractivity contribution in [3.05, 3.63) is 77.2 Å². The number of furan rings is 1. The van der Waals surface area contributed by atoms with Crippen LogP contribution in [-0.4, -0.2) is 15.9 Å². The lowest BCUT2D eigenvalue weighted by molar-refractivity contribution is 0.0983. The largest absolute Gasteiger partial charge is 0.467 e. The molecule has 2 aromatic carbocycles. The molecule has 7 heteroatoms. The number of amides is 1. The quantitative estimate of drug-likeness (QED) is 0.387. The highest BCUT2D eigenvalue weighted by atomic mass is 32.1. The number of anilines is 1. The number of rotatable bonds is 4. The van der Waals surface area contributed by atoms with E-state index in [1.165, 1.54) is 22.7 Å². The summed E-state index contributed by atoms with van der Waals surface area (Å²) in [6.07, 6.45) is 1.61. The molecule has 0 saturated carbocycles. The number of carbonyl (C=O) groups excluding carboxylic acids is 1. The van der Waals surface area contributed by atoms with Crippen LogP contribution in [-0.2, 0) is 6.54 Å². The van der Waals surface area contributed by atoms with Gasteiger partial charge in [-0.3, -0.25) is 9.69 Å². The molecule has 5 nitrogen and oxygen atoms in total. The van der Waals surface area contributed by atoms with Gasteiger partial charge in [0.1, 0.15) is 5.76 Å². The van der Waals surface area contributed by atoms with Gasteiger partial charge in [-0.15, -0.1) is 11.3 Å². The second kappa shape index (κ2) is 6.85. The topological polar surface area (TPSA) is 59.2 Å². The summed E-state index contributed by atoms with van der Waals surface area (Å²) in [5, 5.41) is 1.09. The molecule has 3 heterocycles. The average molecular weight is 406 g/mol. The van der Waals surface area contributed by atoms with Crippen molar-refractivity contribution in [1.29, 1.82) is 0 Å². The molecule has 0 aliphatic rings. The van der Waals surface area contributed by atoms with Crippen molar-refractivity contribution >= 4 is 54.1 Å². The van der Waals surface area contributed by atoms with E-state index in [9.17, 15) is 4.79 Å². The highest BCUT2D eigenvalue weighted by Crippen LogP contribution is 2.33. The number of nitrogens with zero attached hydrogens (tertiary/aromatic N) is 3. The molecule has 5 aromatic rings. The first-order valence-corrected chi connectivity index (χ1v) is 10.4. The van der Waals surface area contributed by atoms with Crippen molar-refractivity contribution in [2.24, 2.45) is 0 Å². The molecule has 0 radical (unpaired) electrons. The molecule has 0 N–H and O–H groups in total. The van der Waals surface area contributed by atoms with Gasteiger partial charge < -0.3 is 4.42 Å². The van der Waals surface area contributed by atoms with Crippen molar-refractivity contribution in [2.75, 3.05) is 4.90 Å². The molecule has 3 aromatic heterocycles. The maximum Gasteiger partial charge on any atom is 0.289 e. The Balaban J connectivity index is 1.60. The van der Waals surface area contributed by atoms with E-state index >= 15 is 0 Å². The van der Waals surface area contributed by atoms with Gasteiger partial charge in [-0.25, -0.2) is 9.97 Å². The first-order chi connectivity index (χ1) is 13.7. The van der Waals surface area contributed by atoms with E-state index < -0.39 is 0 Å². The molecule has 0 saturated heterocycles. The van der Waals surface area contributed by atoms with E-state index in [4.69, 9.17) is 9.40 Å². The summed E-state index contributed by atoms with van der Waals surface area (Å²) in [6.45, 7) is 2.33. The van der Waals surface area contributed by atoms with Gasteiger partial charge in [0.05, 0.1) is 33.2 Å². The summed E-state index contributed by atoms with van der Waals surface area (Å²) in [5.74, 6) is 0.528. The van der Waals surface area contributed by atoms with Crippen LogP contribution in [0.4, 0.5) is 5.13 Å². The van der Waals surface area contributed by atoms with Gasteiger partial charge >= 0.3 is 0 Å². The fraction of sp³-hybridized carbons (Fsp3) is 0.0952. The number of benzene rings is 2. The maximum atomic E-state index is 13.4. The van der Waals surface area contributed by atoms with Crippen LogP contribution in [0.5, 0.6) is 0 Å². The second-order valence-electron chi connectivity index (χ2n) is 6.38. The van der Waals surface area contributed by atoms with Crippen LogP contribution in [0.15, 0.2) is 65.3 Å². The number of para-hydroxylation sites is 2. The fourth-order valence-corrected chi connectivity index (χ4v) is 5.01. The molecule has 0 spiro atoms. The third-order valence-electron chi connectivity index (χ3n) is 4.46. The lowest BCUT2D eigenvalue weighted by atomic mass is 10.2. The van der Waals surface area contributed by atoms with Crippen molar-refractivity contribution in [2.45, 2.75) is 13.5 Å². The van der Waals surface area contributed by atoms with Crippen LogP contribution in [0, 0.1) is 6.92 Å². The van der Waals surface area contributed by atoms with Crippen molar-refractivity contribution in [1.82, 2.24) is 9.97 Å². The Morgan fingerprint density at radius 1 is 1.00 bits per heavy atom. The van der Waals surface area contributed by atoms with Crippen LogP contribution in [0.3, 0.4) is 0 Å². The predicted molar refractivity (Wildman–Crippen MR) is 113 cm³/mol. The van der Waals surface area contributed by atoms with E-state index in [1.54, 1.807) is 11.2 Å². The van der Waals surface area contributed by atoms with Crippen molar-refractivity contribution < 1.29 is 9.21 Å². The van der Waals surface area contributed by atoms with Gasteiger partial charge in [0, 0.05) is 0 Å². The zero-order valence-corrected chi connectivity index (χ0v) is 16.6. The van der Waals surface area contributed by atoms with E-state index in [0.717, 1.165) is 26.0 Å². The molecule has 138 valence electrons. The minimum Gasteiger partial charge on any atom is -0.467 e. The van der Waals surface area contributed by atoms with Crippen molar-refractivity contribution in [3.63, 3.8) is 0 Å². The molecule has 0 aliphatic heterocycles. The number of carbonyl (C=O) groups is 1. The monoisotopic (exact) mass is 405 g/mol. The highest BCUT2D eigenvalue weighted by Gasteiger charge is 2.25. The van der Waals surface area contributed by atoms with E-state index in [0.29, 0.717) is 22.4 Å². The summed E-state index contributed by atoms with van der Waals surface area (Å²) in [4.78, 5) is 24.3.